The van der Waals surface area contributed by atoms with Gasteiger partial charge in [0.1, 0.15) is 11.5 Å². The lowest BCUT2D eigenvalue weighted by molar-refractivity contribution is -0.116. The molecule has 130 valence electrons. The number of hydrogen-bond donors (Lipinski definition) is 1. The number of nitrogens with one attached hydrogen (secondary N) is 1. The van der Waals surface area contributed by atoms with Gasteiger partial charge < -0.3 is 9.73 Å². The quantitative estimate of drug-likeness (QED) is 0.575. The van der Waals surface area contributed by atoms with Gasteiger partial charge in [-0.3, -0.25) is 4.79 Å². The van der Waals surface area contributed by atoms with Gasteiger partial charge in [-0.05, 0) is 35.9 Å². The number of amides is 1. The molecule has 0 radical (unpaired) electrons. The zero-order valence-electron chi connectivity index (χ0n) is 14.0. The summed E-state index contributed by atoms with van der Waals surface area (Å²) in [6.45, 7) is 2.05. The molecule has 3 rings (SSSR count). The van der Waals surface area contributed by atoms with E-state index in [-0.39, 0.29) is 5.91 Å². The fraction of sp³-hybridized carbons (Fsp3) is 0.250. The molecule has 0 spiro atoms. The fourth-order valence-electron chi connectivity index (χ4n) is 2.55. The monoisotopic (exact) mass is 373 g/mol. The molecule has 0 aliphatic carbocycles. The Kier molecular flexibility index (Phi) is 5.95. The topological polar surface area (TPSA) is 42.2 Å². The minimum atomic E-state index is 0.000548. The molecule has 2 heterocycles. The summed E-state index contributed by atoms with van der Waals surface area (Å²) in [4.78, 5) is 13.3. The van der Waals surface area contributed by atoms with Crippen molar-refractivity contribution in [3.63, 3.8) is 0 Å². The Morgan fingerprint density at radius 2 is 1.92 bits per heavy atom. The molecule has 0 aliphatic rings. The molecule has 25 heavy (non-hydrogen) atoms. The number of benzene rings is 1. The minimum absolute atomic E-state index is 0.000548. The van der Waals surface area contributed by atoms with Crippen molar-refractivity contribution in [2.75, 3.05) is 5.32 Å². The second kappa shape index (κ2) is 8.37. The standard InChI is InChI=1S/C20H20ClNO2S/c1-2-15-7-8-16(24-15)9-11-19(23)22-20-12-10-17(25-20)13-14-5-3-4-6-18(14)21/h3-8,10,12H,2,9,11,13H2,1H3,(H,22,23). The normalized spacial score (nSPS) is 10.8. The molecular weight excluding hydrogens is 354 g/mol. The van der Waals surface area contributed by atoms with Crippen LogP contribution in [0.5, 0.6) is 0 Å². The third-order valence-electron chi connectivity index (χ3n) is 3.91. The van der Waals surface area contributed by atoms with Crippen LogP contribution in [0.3, 0.4) is 0 Å². The molecule has 0 aliphatic heterocycles. The Morgan fingerprint density at radius 3 is 2.68 bits per heavy atom. The summed E-state index contributed by atoms with van der Waals surface area (Å²) in [5.41, 5.74) is 1.09. The first kappa shape index (κ1) is 17.8. The Hall–Kier alpha value is -2.04. The molecule has 0 atom stereocenters. The summed E-state index contributed by atoms with van der Waals surface area (Å²) in [5, 5.41) is 4.59. The van der Waals surface area contributed by atoms with E-state index in [4.69, 9.17) is 16.0 Å². The molecule has 2 aromatic heterocycles. The van der Waals surface area contributed by atoms with Crippen molar-refractivity contribution in [2.24, 2.45) is 0 Å². The maximum Gasteiger partial charge on any atom is 0.225 e. The van der Waals surface area contributed by atoms with Crippen LogP contribution < -0.4 is 5.32 Å². The smallest absolute Gasteiger partial charge is 0.225 e. The molecule has 0 saturated carbocycles. The molecule has 0 unspecified atom stereocenters. The van der Waals surface area contributed by atoms with Crippen molar-refractivity contribution in [3.05, 3.63) is 75.5 Å². The highest BCUT2D eigenvalue weighted by Crippen LogP contribution is 2.27. The first-order valence-corrected chi connectivity index (χ1v) is 9.53. The fourth-order valence-corrected chi connectivity index (χ4v) is 3.70. The predicted molar refractivity (Wildman–Crippen MR) is 104 cm³/mol. The van der Waals surface area contributed by atoms with Crippen molar-refractivity contribution < 1.29 is 9.21 Å². The van der Waals surface area contributed by atoms with Crippen LogP contribution in [0.4, 0.5) is 5.00 Å². The van der Waals surface area contributed by atoms with Gasteiger partial charge in [-0.1, -0.05) is 36.7 Å². The van der Waals surface area contributed by atoms with Gasteiger partial charge in [-0.15, -0.1) is 11.3 Å². The van der Waals surface area contributed by atoms with Gasteiger partial charge in [0.15, 0.2) is 0 Å². The van der Waals surface area contributed by atoms with E-state index in [1.807, 2.05) is 55.5 Å². The number of rotatable bonds is 7. The van der Waals surface area contributed by atoms with E-state index in [1.165, 1.54) is 4.88 Å². The predicted octanol–water partition coefficient (Wildman–Crippen LogP) is 5.72. The summed E-state index contributed by atoms with van der Waals surface area (Å²) >= 11 is 7.78. The van der Waals surface area contributed by atoms with Crippen molar-refractivity contribution in [3.8, 4) is 0 Å². The van der Waals surface area contributed by atoms with Crippen LogP contribution in [0.2, 0.25) is 5.02 Å². The average Bonchev–Trinajstić information content (AvgIpc) is 3.24. The third-order valence-corrected chi connectivity index (χ3v) is 5.28. The number of halogens is 1. The van der Waals surface area contributed by atoms with Crippen LogP contribution in [0.25, 0.3) is 0 Å². The first-order chi connectivity index (χ1) is 12.1. The van der Waals surface area contributed by atoms with Gasteiger partial charge in [-0.2, -0.15) is 0 Å². The second-order valence-electron chi connectivity index (χ2n) is 5.80. The van der Waals surface area contributed by atoms with E-state index in [1.54, 1.807) is 11.3 Å². The van der Waals surface area contributed by atoms with E-state index >= 15 is 0 Å². The highest BCUT2D eigenvalue weighted by Gasteiger charge is 2.09. The Balaban J connectivity index is 1.52. The van der Waals surface area contributed by atoms with Gasteiger partial charge in [-0.25, -0.2) is 0 Å². The number of anilines is 1. The first-order valence-electron chi connectivity index (χ1n) is 8.33. The lowest BCUT2D eigenvalue weighted by atomic mass is 10.1. The molecule has 1 aromatic carbocycles. The number of aryl methyl sites for hydroxylation is 2. The van der Waals surface area contributed by atoms with Gasteiger partial charge in [0.25, 0.3) is 0 Å². The Morgan fingerprint density at radius 1 is 1.12 bits per heavy atom. The second-order valence-corrected chi connectivity index (χ2v) is 7.38. The van der Waals surface area contributed by atoms with Gasteiger partial charge >= 0.3 is 0 Å². The van der Waals surface area contributed by atoms with Gasteiger partial charge in [0.05, 0.1) is 5.00 Å². The van der Waals surface area contributed by atoms with Crippen LogP contribution in [0.15, 0.2) is 52.9 Å². The lowest BCUT2D eigenvalue weighted by Crippen LogP contribution is -2.11. The van der Waals surface area contributed by atoms with E-state index < -0.39 is 0 Å². The summed E-state index contributed by atoms with van der Waals surface area (Å²) in [7, 11) is 0. The van der Waals surface area contributed by atoms with E-state index in [0.29, 0.717) is 12.8 Å². The van der Waals surface area contributed by atoms with Gasteiger partial charge in [0, 0.05) is 35.6 Å². The Labute approximate surface area is 156 Å². The Bertz CT molecular complexity index is 853. The molecule has 3 nitrogen and oxygen atoms in total. The summed E-state index contributed by atoms with van der Waals surface area (Å²) in [6.07, 6.45) is 2.67. The maximum absolute atomic E-state index is 12.1. The summed E-state index contributed by atoms with van der Waals surface area (Å²) < 4.78 is 5.63. The molecule has 5 heteroatoms. The highest BCUT2D eigenvalue weighted by atomic mass is 35.5. The lowest BCUT2D eigenvalue weighted by Gasteiger charge is -2.02. The molecular formula is C20H20ClNO2S. The number of hydrogen-bond acceptors (Lipinski definition) is 3. The van der Waals surface area contributed by atoms with Crippen molar-refractivity contribution in [2.45, 2.75) is 32.6 Å². The van der Waals surface area contributed by atoms with Crippen LogP contribution in [0, 0.1) is 0 Å². The summed E-state index contributed by atoms with van der Waals surface area (Å²) in [5.74, 6) is 1.82. The third kappa shape index (κ3) is 4.97. The van der Waals surface area contributed by atoms with Crippen molar-refractivity contribution >= 4 is 33.8 Å². The zero-order valence-corrected chi connectivity index (χ0v) is 15.6. The van der Waals surface area contributed by atoms with Crippen LogP contribution in [0.1, 0.15) is 35.3 Å². The van der Waals surface area contributed by atoms with Gasteiger partial charge in [0.2, 0.25) is 5.91 Å². The largest absolute Gasteiger partial charge is 0.466 e. The average molecular weight is 374 g/mol. The molecule has 1 amide bonds. The zero-order chi connectivity index (χ0) is 17.6. The molecule has 1 N–H and O–H groups in total. The SMILES string of the molecule is CCc1ccc(CCC(=O)Nc2ccc(Cc3ccccc3Cl)s2)o1. The number of carbonyl (C=O) groups excluding carboxylic acids is 1. The van der Waals surface area contributed by atoms with Crippen molar-refractivity contribution in [1.82, 2.24) is 0 Å². The maximum atomic E-state index is 12.1. The van der Waals surface area contributed by atoms with E-state index in [0.717, 1.165) is 39.9 Å². The molecule has 0 saturated heterocycles. The van der Waals surface area contributed by atoms with E-state index in [2.05, 4.69) is 5.32 Å². The molecule has 0 fully saturated rings. The molecule has 0 bridgehead atoms. The number of thiophene rings is 1. The summed E-state index contributed by atoms with van der Waals surface area (Å²) in [6, 6.07) is 15.7. The van der Waals surface area contributed by atoms with E-state index in [9.17, 15) is 4.79 Å². The minimum Gasteiger partial charge on any atom is -0.466 e. The van der Waals surface area contributed by atoms with Crippen molar-refractivity contribution in [1.29, 1.82) is 0 Å². The highest BCUT2D eigenvalue weighted by molar-refractivity contribution is 7.16. The molecule has 3 aromatic rings. The van der Waals surface area contributed by atoms with Crippen LogP contribution in [-0.2, 0) is 24.1 Å². The van der Waals surface area contributed by atoms with Crippen LogP contribution in [-0.4, -0.2) is 5.91 Å². The number of furan rings is 1. The van der Waals surface area contributed by atoms with Crippen LogP contribution >= 0.6 is 22.9 Å². The number of carbonyl (C=O) groups is 1.